The third-order valence-corrected chi connectivity index (χ3v) is 7.68. The van der Waals surface area contributed by atoms with Crippen LogP contribution in [0.25, 0.3) is 0 Å². The highest BCUT2D eigenvalue weighted by atomic mass is 79.9. The van der Waals surface area contributed by atoms with Crippen LogP contribution in [0.1, 0.15) is 47.7 Å². The standard InChI is InChI=1S/C30H31BrN6O3/c1-6-39-25-15-22(14-23(31)28(25)40-16-21-12-8-7-10-18(21)3)27-26(20(5)32-30-34-35-36-37(27)30)29(38)33-24-13-9-11-17(2)19(24)4/h7-15,27H,6,16H2,1-5H3,(H,33,38)(H,32,34,36). The minimum atomic E-state index is -0.614. The molecule has 9 nitrogen and oxygen atoms in total. The van der Waals surface area contributed by atoms with Gasteiger partial charge in [-0.3, -0.25) is 4.79 Å². The lowest BCUT2D eigenvalue weighted by atomic mass is 9.94. The van der Waals surface area contributed by atoms with Crippen molar-refractivity contribution in [3.8, 4) is 11.5 Å². The first-order valence-corrected chi connectivity index (χ1v) is 13.8. The Balaban J connectivity index is 1.55. The molecule has 0 spiro atoms. The number of ether oxygens (including phenoxy) is 2. The van der Waals surface area contributed by atoms with Gasteiger partial charge in [0, 0.05) is 11.4 Å². The van der Waals surface area contributed by atoms with Crippen LogP contribution >= 0.6 is 15.9 Å². The van der Waals surface area contributed by atoms with Gasteiger partial charge >= 0.3 is 0 Å². The molecular formula is C30H31BrN6O3. The van der Waals surface area contributed by atoms with Crippen molar-refractivity contribution in [2.75, 3.05) is 17.2 Å². The second-order valence-electron chi connectivity index (χ2n) is 9.69. The summed E-state index contributed by atoms with van der Waals surface area (Å²) in [5.74, 6) is 1.33. The van der Waals surface area contributed by atoms with E-state index in [1.54, 1.807) is 4.68 Å². The first-order valence-electron chi connectivity index (χ1n) is 13.0. The summed E-state index contributed by atoms with van der Waals surface area (Å²) in [7, 11) is 0. The Morgan fingerprint density at radius 3 is 2.60 bits per heavy atom. The smallest absolute Gasteiger partial charge is 0.255 e. The molecular weight excluding hydrogens is 572 g/mol. The number of benzene rings is 3. The number of carbonyl (C=O) groups is 1. The molecule has 0 aliphatic carbocycles. The second-order valence-corrected chi connectivity index (χ2v) is 10.5. The topological polar surface area (TPSA) is 103 Å². The minimum absolute atomic E-state index is 0.251. The van der Waals surface area contributed by atoms with Crippen molar-refractivity contribution in [3.05, 3.63) is 98.2 Å². The number of hydrogen-bond donors (Lipinski definition) is 2. The number of tetrazole rings is 1. The molecule has 0 radical (unpaired) electrons. The number of aryl methyl sites for hydroxylation is 2. The van der Waals surface area contributed by atoms with Crippen LogP contribution in [-0.4, -0.2) is 32.7 Å². The second kappa shape index (κ2) is 11.5. The maximum Gasteiger partial charge on any atom is 0.255 e. The Labute approximate surface area is 241 Å². The highest BCUT2D eigenvalue weighted by Crippen LogP contribution is 2.43. The first kappa shape index (κ1) is 27.4. The normalized spacial score (nSPS) is 14.4. The molecule has 10 heteroatoms. The number of fused-ring (bicyclic) bond motifs is 1. The molecule has 1 aliphatic rings. The van der Waals surface area contributed by atoms with Crippen molar-refractivity contribution in [1.29, 1.82) is 0 Å². The summed E-state index contributed by atoms with van der Waals surface area (Å²) in [6, 6.07) is 17.1. The van der Waals surface area contributed by atoms with Crippen molar-refractivity contribution in [2.45, 2.75) is 47.3 Å². The zero-order valence-corrected chi connectivity index (χ0v) is 24.7. The van der Waals surface area contributed by atoms with E-state index in [0.717, 1.165) is 33.5 Å². The van der Waals surface area contributed by atoms with Gasteiger partial charge in [-0.15, -0.1) is 0 Å². The minimum Gasteiger partial charge on any atom is -0.490 e. The van der Waals surface area contributed by atoms with Gasteiger partial charge in [-0.2, -0.15) is 4.68 Å². The Kier molecular flexibility index (Phi) is 7.88. The third kappa shape index (κ3) is 5.31. The molecule has 206 valence electrons. The molecule has 4 aromatic rings. The Morgan fingerprint density at radius 2 is 1.82 bits per heavy atom. The van der Waals surface area contributed by atoms with Crippen LogP contribution in [0.4, 0.5) is 11.6 Å². The molecule has 0 saturated heterocycles. The molecule has 40 heavy (non-hydrogen) atoms. The van der Waals surface area contributed by atoms with E-state index in [-0.39, 0.29) is 5.91 Å². The van der Waals surface area contributed by atoms with Crippen LogP contribution in [0.5, 0.6) is 11.5 Å². The lowest BCUT2D eigenvalue weighted by Gasteiger charge is -2.29. The van der Waals surface area contributed by atoms with Crippen molar-refractivity contribution >= 4 is 33.5 Å². The van der Waals surface area contributed by atoms with Crippen molar-refractivity contribution in [2.24, 2.45) is 0 Å². The third-order valence-electron chi connectivity index (χ3n) is 7.09. The van der Waals surface area contributed by atoms with Crippen molar-refractivity contribution in [1.82, 2.24) is 20.2 Å². The van der Waals surface area contributed by atoms with Crippen LogP contribution in [0.15, 0.2) is 70.3 Å². The number of allylic oxidation sites excluding steroid dienone is 1. The fourth-order valence-corrected chi connectivity index (χ4v) is 5.34. The Hall–Kier alpha value is -4.18. The maximum atomic E-state index is 13.9. The summed E-state index contributed by atoms with van der Waals surface area (Å²) in [6.07, 6.45) is 0. The van der Waals surface area contributed by atoms with E-state index in [1.165, 1.54) is 0 Å². The number of hydrogen-bond acceptors (Lipinski definition) is 7. The molecule has 0 saturated carbocycles. The SMILES string of the molecule is CCOc1cc(C2C(C(=O)Nc3cccc(C)c3C)=C(C)Nc3nnnn32)cc(Br)c1OCc1ccccc1C. The lowest BCUT2D eigenvalue weighted by molar-refractivity contribution is -0.113. The molecule has 1 unspecified atom stereocenters. The van der Waals surface area contributed by atoms with E-state index in [0.29, 0.717) is 46.4 Å². The van der Waals surface area contributed by atoms with Gasteiger partial charge in [0.1, 0.15) is 12.6 Å². The molecule has 0 bridgehead atoms. The van der Waals surface area contributed by atoms with Crippen LogP contribution in [0.2, 0.25) is 0 Å². The number of rotatable bonds is 8. The summed E-state index contributed by atoms with van der Waals surface area (Å²) >= 11 is 3.70. The number of carbonyl (C=O) groups excluding carboxylic acids is 1. The van der Waals surface area contributed by atoms with Crippen molar-refractivity contribution < 1.29 is 14.3 Å². The summed E-state index contributed by atoms with van der Waals surface area (Å²) in [5.41, 5.74) is 7.00. The van der Waals surface area contributed by atoms with Gasteiger partial charge in [-0.05, 0) is 107 Å². The molecule has 1 amide bonds. The fraction of sp³-hybridized carbons (Fsp3) is 0.267. The van der Waals surface area contributed by atoms with Gasteiger partial charge in [0.05, 0.1) is 16.7 Å². The number of halogens is 1. The van der Waals surface area contributed by atoms with Gasteiger partial charge < -0.3 is 20.1 Å². The maximum absolute atomic E-state index is 13.9. The first-order chi connectivity index (χ1) is 19.3. The number of aromatic nitrogens is 4. The van der Waals surface area contributed by atoms with Crippen LogP contribution < -0.4 is 20.1 Å². The van der Waals surface area contributed by atoms with Crippen molar-refractivity contribution in [3.63, 3.8) is 0 Å². The quantitative estimate of drug-likeness (QED) is 0.245. The van der Waals surface area contributed by atoms with E-state index in [9.17, 15) is 4.79 Å². The highest BCUT2D eigenvalue weighted by molar-refractivity contribution is 9.10. The van der Waals surface area contributed by atoms with Gasteiger partial charge in [0.2, 0.25) is 5.95 Å². The largest absolute Gasteiger partial charge is 0.490 e. The molecule has 1 aliphatic heterocycles. The van der Waals surface area contributed by atoms with Gasteiger partial charge in [0.25, 0.3) is 5.91 Å². The lowest BCUT2D eigenvalue weighted by Crippen LogP contribution is -2.31. The summed E-state index contributed by atoms with van der Waals surface area (Å²) in [6.45, 7) is 10.7. The van der Waals surface area contributed by atoms with E-state index in [4.69, 9.17) is 9.47 Å². The molecule has 5 rings (SSSR count). The highest BCUT2D eigenvalue weighted by Gasteiger charge is 2.35. The Morgan fingerprint density at radius 1 is 1.05 bits per heavy atom. The monoisotopic (exact) mass is 602 g/mol. The number of anilines is 2. The average Bonchev–Trinajstić information content (AvgIpc) is 3.39. The molecule has 0 fully saturated rings. The Bertz CT molecular complexity index is 1610. The van der Waals surface area contributed by atoms with Gasteiger partial charge in [0.15, 0.2) is 11.5 Å². The van der Waals surface area contributed by atoms with E-state index >= 15 is 0 Å². The summed E-state index contributed by atoms with van der Waals surface area (Å²) in [5, 5.41) is 18.5. The number of nitrogens with one attached hydrogen (secondary N) is 2. The van der Waals surface area contributed by atoms with E-state index < -0.39 is 6.04 Å². The number of nitrogens with zero attached hydrogens (tertiary/aromatic N) is 4. The molecule has 1 aromatic heterocycles. The number of amides is 1. The van der Waals surface area contributed by atoms with Crippen LogP contribution in [0.3, 0.4) is 0 Å². The van der Waals surface area contributed by atoms with Gasteiger partial charge in [-0.25, -0.2) is 0 Å². The van der Waals surface area contributed by atoms with Crippen LogP contribution in [-0.2, 0) is 11.4 Å². The summed E-state index contributed by atoms with van der Waals surface area (Å²) < 4.78 is 14.6. The predicted octanol–water partition coefficient (Wildman–Crippen LogP) is 6.27. The van der Waals surface area contributed by atoms with Crippen LogP contribution in [0, 0.1) is 20.8 Å². The molecule has 3 aromatic carbocycles. The average molecular weight is 604 g/mol. The summed E-state index contributed by atoms with van der Waals surface area (Å²) in [4.78, 5) is 13.9. The fourth-order valence-electron chi connectivity index (χ4n) is 4.76. The van der Waals surface area contributed by atoms with E-state index in [2.05, 4.69) is 55.1 Å². The zero-order valence-electron chi connectivity index (χ0n) is 23.1. The predicted molar refractivity (Wildman–Crippen MR) is 158 cm³/mol. The van der Waals surface area contributed by atoms with Gasteiger partial charge in [-0.1, -0.05) is 41.5 Å². The molecule has 2 heterocycles. The van der Waals surface area contributed by atoms with E-state index in [1.807, 2.05) is 76.2 Å². The molecule has 2 N–H and O–H groups in total. The zero-order chi connectivity index (χ0) is 28.4. The molecule has 1 atom stereocenters.